The maximum Gasteiger partial charge on any atom is 0.119 e. The SMILES string of the molecule is CN(C)CCOc1cccc(-c2cccc(Nc3ccc(Cl)cc3)c2)c1. The molecule has 0 bridgehead atoms. The standard InChI is InChI=1S/C22H23ClN2O/c1-25(2)13-14-26-22-8-4-6-18(16-22)17-5-3-7-21(15-17)24-20-11-9-19(23)10-12-20/h3-12,15-16,24H,13-14H2,1-2H3. The molecule has 0 aromatic heterocycles. The summed E-state index contributed by atoms with van der Waals surface area (Å²) in [5.41, 5.74) is 4.31. The van der Waals surface area contributed by atoms with Crippen LogP contribution in [0.25, 0.3) is 11.1 Å². The minimum absolute atomic E-state index is 0.675. The van der Waals surface area contributed by atoms with Crippen LogP contribution in [0.5, 0.6) is 5.75 Å². The van der Waals surface area contributed by atoms with Gasteiger partial charge in [0, 0.05) is 22.9 Å². The highest BCUT2D eigenvalue weighted by Gasteiger charge is 2.03. The molecule has 0 fully saturated rings. The molecule has 0 aliphatic carbocycles. The fourth-order valence-corrected chi connectivity index (χ4v) is 2.71. The third kappa shape index (κ3) is 5.25. The molecule has 0 heterocycles. The highest BCUT2D eigenvalue weighted by Crippen LogP contribution is 2.27. The van der Waals surface area contributed by atoms with Crippen LogP contribution in [0.15, 0.2) is 72.8 Å². The van der Waals surface area contributed by atoms with E-state index in [0.29, 0.717) is 6.61 Å². The van der Waals surface area contributed by atoms with Crippen LogP contribution in [0.4, 0.5) is 11.4 Å². The van der Waals surface area contributed by atoms with Crippen molar-refractivity contribution in [2.24, 2.45) is 0 Å². The molecule has 134 valence electrons. The third-order valence-corrected chi connectivity index (χ3v) is 4.22. The molecule has 26 heavy (non-hydrogen) atoms. The zero-order chi connectivity index (χ0) is 18.4. The van der Waals surface area contributed by atoms with Gasteiger partial charge in [-0.05, 0) is 73.8 Å². The van der Waals surface area contributed by atoms with Crippen molar-refractivity contribution in [1.29, 1.82) is 0 Å². The fourth-order valence-electron chi connectivity index (χ4n) is 2.59. The molecule has 4 heteroatoms. The first-order valence-electron chi connectivity index (χ1n) is 8.61. The number of likely N-dealkylation sites (N-methyl/N-ethyl adjacent to an activating group) is 1. The summed E-state index contributed by atoms with van der Waals surface area (Å²) in [7, 11) is 4.08. The lowest BCUT2D eigenvalue weighted by atomic mass is 10.0. The molecule has 0 atom stereocenters. The van der Waals surface area contributed by atoms with Gasteiger partial charge in [-0.3, -0.25) is 0 Å². The van der Waals surface area contributed by atoms with Gasteiger partial charge in [0.05, 0.1) is 0 Å². The second kappa shape index (κ2) is 8.75. The van der Waals surface area contributed by atoms with Gasteiger partial charge in [0.15, 0.2) is 0 Å². The molecule has 0 radical (unpaired) electrons. The second-order valence-corrected chi connectivity index (χ2v) is 6.83. The summed E-state index contributed by atoms with van der Waals surface area (Å²) in [6.45, 7) is 1.57. The molecule has 0 saturated heterocycles. The minimum Gasteiger partial charge on any atom is -0.492 e. The number of anilines is 2. The number of ether oxygens (including phenoxy) is 1. The van der Waals surface area contributed by atoms with E-state index in [-0.39, 0.29) is 0 Å². The Kier molecular flexibility index (Phi) is 6.16. The van der Waals surface area contributed by atoms with Gasteiger partial charge < -0.3 is 15.0 Å². The van der Waals surface area contributed by atoms with Gasteiger partial charge in [-0.25, -0.2) is 0 Å². The number of halogens is 1. The van der Waals surface area contributed by atoms with Gasteiger partial charge >= 0.3 is 0 Å². The van der Waals surface area contributed by atoms with Crippen molar-refractivity contribution in [3.63, 3.8) is 0 Å². The largest absolute Gasteiger partial charge is 0.492 e. The molecule has 0 aliphatic heterocycles. The van der Waals surface area contributed by atoms with E-state index >= 15 is 0 Å². The number of rotatable bonds is 7. The Morgan fingerprint density at radius 1 is 0.846 bits per heavy atom. The number of nitrogens with zero attached hydrogens (tertiary/aromatic N) is 1. The van der Waals surface area contributed by atoms with E-state index in [4.69, 9.17) is 16.3 Å². The highest BCUT2D eigenvalue weighted by atomic mass is 35.5. The molecule has 0 aliphatic rings. The highest BCUT2D eigenvalue weighted by molar-refractivity contribution is 6.30. The number of nitrogens with one attached hydrogen (secondary N) is 1. The Balaban J connectivity index is 1.74. The van der Waals surface area contributed by atoms with Crippen molar-refractivity contribution < 1.29 is 4.74 Å². The second-order valence-electron chi connectivity index (χ2n) is 6.39. The van der Waals surface area contributed by atoms with E-state index in [1.807, 2.05) is 56.6 Å². The van der Waals surface area contributed by atoms with Crippen LogP contribution in [0.1, 0.15) is 0 Å². The van der Waals surface area contributed by atoms with Crippen LogP contribution >= 0.6 is 11.6 Å². The Bertz CT molecular complexity index is 847. The predicted octanol–water partition coefficient (Wildman–Crippen LogP) is 5.69. The van der Waals surface area contributed by atoms with Crippen LogP contribution in [-0.4, -0.2) is 32.1 Å². The molecule has 0 unspecified atom stereocenters. The van der Waals surface area contributed by atoms with E-state index < -0.39 is 0 Å². The minimum atomic E-state index is 0.675. The molecule has 3 nitrogen and oxygen atoms in total. The van der Waals surface area contributed by atoms with Crippen molar-refractivity contribution in [3.8, 4) is 16.9 Å². The van der Waals surface area contributed by atoms with Crippen LogP contribution in [0.2, 0.25) is 5.02 Å². The molecular weight excluding hydrogens is 344 g/mol. The van der Waals surface area contributed by atoms with Crippen LogP contribution in [-0.2, 0) is 0 Å². The van der Waals surface area contributed by atoms with Gasteiger partial charge in [-0.1, -0.05) is 35.9 Å². The van der Waals surface area contributed by atoms with Crippen molar-refractivity contribution in [2.45, 2.75) is 0 Å². The van der Waals surface area contributed by atoms with Gasteiger partial charge in [-0.2, -0.15) is 0 Å². The number of hydrogen-bond acceptors (Lipinski definition) is 3. The normalized spacial score (nSPS) is 10.8. The lowest BCUT2D eigenvalue weighted by Crippen LogP contribution is -2.19. The summed E-state index contributed by atoms with van der Waals surface area (Å²) >= 11 is 5.95. The van der Waals surface area contributed by atoms with Gasteiger partial charge in [0.25, 0.3) is 0 Å². The Hall–Kier alpha value is -2.49. The maximum absolute atomic E-state index is 5.95. The van der Waals surface area contributed by atoms with Gasteiger partial charge in [0.2, 0.25) is 0 Å². The third-order valence-electron chi connectivity index (χ3n) is 3.97. The molecule has 0 saturated carbocycles. The lowest BCUT2D eigenvalue weighted by Gasteiger charge is -2.12. The monoisotopic (exact) mass is 366 g/mol. The van der Waals surface area contributed by atoms with Gasteiger partial charge in [0.1, 0.15) is 12.4 Å². The van der Waals surface area contributed by atoms with E-state index in [1.54, 1.807) is 0 Å². The summed E-state index contributed by atoms with van der Waals surface area (Å²) in [6.07, 6.45) is 0. The van der Waals surface area contributed by atoms with Crippen LogP contribution in [0, 0.1) is 0 Å². The zero-order valence-electron chi connectivity index (χ0n) is 15.1. The first-order valence-corrected chi connectivity index (χ1v) is 8.98. The molecule has 3 aromatic rings. The summed E-state index contributed by atoms with van der Waals surface area (Å²) in [5, 5.41) is 4.14. The van der Waals surface area contributed by atoms with Crippen molar-refractivity contribution >= 4 is 23.0 Å². The molecule has 1 N–H and O–H groups in total. The predicted molar refractivity (Wildman–Crippen MR) is 111 cm³/mol. The Morgan fingerprint density at radius 2 is 1.54 bits per heavy atom. The average Bonchev–Trinajstić information content (AvgIpc) is 2.64. The first kappa shape index (κ1) is 18.3. The summed E-state index contributed by atoms with van der Waals surface area (Å²) in [5.74, 6) is 0.889. The van der Waals surface area contributed by atoms with Gasteiger partial charge in [-0.15, -0.1) is 0 Å². The summed E-state index contributed by atoms with van der Waals surface area (Å²) in [6, 6.07) is 24.2. The Labute approximate surface area is 160 Å². The lowest BCUT2D eigenvalue weighted by molar-refractivity contribution is 0.261. The average molecular weight is 367 g/mol. The van der Waals surface area contributed by atoms with Crippen molar-refractivity contribution in [1.82, 2.24) is 4.90 Å². The molecule has 3 rings (SSSR count). The molecular formula is C22H23ClN2O. The first-order chi connectivity index (χ1) is 12.6. The van der Waals surface area contributed by atoms with E-state index in [1.165, 1.54) is 0 Å². The number of hydrogen-bond donors (Lipinski definition) is 1. The van der Waals surface area contributed by atoms with E-state index in [0.717, 1.165) is 39.8 Å². The zero-order valence-corrected chi connectivity index (χ0v) is 15.8. The van der Waals surface area contributed by atoms with E-state index in [2.05, 4.69) is 40.5 Å². The summed E-state index contributed by atoms with van der Waals surface area (Å²) in [4.78, 5) is 2.11. The quantitative estimate of drug-likeness (QED) is 0.581. The smallest absolute Gasteiger partial charge is 0.119 e. The van der Waals surface area contributed by atoms with Crippen molar-refractivity contribution in [3.05, 3.63) is 77.8 Å². The van der Waals surface area contributed by atoms with Crippen LogP contribution in [0.3, 0.4) is 0 Å². The fraction of sp³-hybridized carbons (Fsp3) is 0.182. The molecule has 0 spiro atoms. The van der Waals surface area contributed by atoms with E-state index in [9.17, 15) is 0 Å². The number of benzene rings is 3. The summed E-state index contributed by atoms with van der Waals surface area (Å²) < 4.78 is 5.85. The van der Waals surface area contributed by atoms with Crippen LogP contribution < -0.4 is 10.1 Å². The Morgan fingerprint density at radius 3 is 2.27 bits per heavy atom. The maximum atomic E-state index is 5.95. The van der Waals surface area contributed by atoms with Crippen molar-refractivity contribution in [2.75, 3.05) is 32.6 Å². The molecule has 3 aromatic carbocycles. The molecule has 0 amide bonds. The topological polar surface area (TPSA) is 24.5 Å².